The van der Waals surface area contributed by atoms with Crippen LogP contribution in [0.3, 0.4) is 0 Å². The number of hydrogen-bond acceptors (Lipinski definition) is 5. The van der Waals surface area contributed by atoms with Gasteiger partial charge in [-0.3, -0.25) is 19.7 Å². The van der Waals surface area contributed by atoms with Gasteiger partial charge in [0.2, 0.25) is 11.8 Å². The van der Waals surface area contributed by atoms with E-state index in [1.54, 1.807) is 23.1 Å². The highest BCUT2D eigenvalue weighted by molar-refractivity contribution is 5.83. The maximum Gasteiger partial charge on any atom is 0.292 e. The predicted molar refractivity (Wildman–Crippen MR) is 80.1 cm³/mol. The Kier molecular flexibility index (Phi) is 4.92. The fourth-order valence-electron chi connectivity index (χ4n) is 2.50. The van der Waals surface area contributed by atoms with Crippen LogP contribution in [0.5, 0.6) is 0 Å². The molecule has 1 aromatic rings. The van der Waals surface area contributed by atoms with Crippen LogP contribution in [0.2, 0.25) is 0 Å². The van der Waals surface area contributed by atoms with Crippen LogP contribution in [0, 0.1) is 16.0 Å². The summed E-state index contributed by atoms with van der Waals surface area (Å²) >= 11 is 0. The summed E-state index contributed by atoms with van der Waals surface area (Å²) in [6, 6.07) is 6.14. The normalized spacial score (nSPS) is 17.8. The fourth-order valence-corrected chi connectivity index (χ4v) is 2.50. The summed E-state index contributed by atoms with van der Waals surface area (Å²) in [4.78, 5) is 35.3. The Morgan fingerprint density at radius 3 is 2.82 bits per heavy atom. The van der Waals surface area contributed by atoms with Crippen molar-refractivity contribution in [2.24, 2.45) is 11.7 Å². The number of para-hydroxylation sites is 2. The standard InChI is InChI=1S/C14H18N4O4/c15-14(20)10-4-3-7-17(9-10)13(19)8-16-11-5-1-2-6-12(11)18(21)22/h1-2,5-6,10,16H,3-4,7-9H2,(H2,15,20). The molecule has 1 saturated heterocycles. The van der Waals surface area contributed by atoms with Crippen LogP contribution in [0.15, 0.2) is 24.3 Å². The second-order valence-electron chi connectivity index (χ2n) is 5.21. The van der Waals surface area contributed by atoms with E-state index in [4.69, 9.17) is 5.73 Å². The van der Waals surface area contributed by atoms with E-state index in [-0.39, 0.29) is 24.1 Å². The number of carbonyl (C=O) groups excluding carboxylic acids is 2. The molecule has 0 spiro atoms. The zero-order valence-corrected chi connectivity index (χ0v) is 12.0. The average Bonchev–Trinajstić information content (AvgIpc) is 2.52. The van der Waals surface area contributed by atoms with Gasteiger partial charge in [-0.1, -0.05) is 12.1 Å². The maximum absolute atomic E-state index is 12.2. The second kappa shape index (κ2) is 6.88. The molecule has 1 aliphatic rings. The predicted octanol–water partition coefficient (Wildman–Crippen LogP) is 0.731. The van der Waals surface area contributed by atoms with Gasteiger partial charge < -0.3 is 16.0 Å². The Morgan fingerprint density at radius 1 is 1.41 bits per heavy atom. The lowest BCUT2D eigenvalue weighted by Crippen LogP contribution is -2.46. The Bertz CT molecular complexity index is 590. The van der Waals surface area contributed by atoms with Crippen LogP contribution >= 0.6 is 0 Å². The van der Waals surface area contributed by atoms with Gasteiger partial charge in [-0.2, -0.15) is 0 Å². The Morgan fingerprint density at radius 2 is 2.14 bits per heavy atom. The molecule has 1 aliphatic heterocycles. The molecule has 0 radical (unpaired) electrons. The van der Waals surface area contributed by atoms with Gasteiger partial charge in [0.1, 0.15) is 5.69 Å². The number of likely N-dealkylation sites (tertiary alicyclic amines) is 1. The van der Waals surface area contributed by atoms with Crippen LogP contribution in [0.4, 0.5) is 11.4 Å². The van der Waals surface area contributed by atoms with E-state index in [1.165, 1.54) is 6.07 Å². The van der Waals surface area contributed by atoms with Gasteiger partial charge in [0.05, 0.1) is 17.4 Å². The van der Waals surface area contributed by atoms with E-state index >= 15 is 0 Å². The SMILES string of the molecule is NC(=O)C1CCCN(C(=O)CNc2ccccc2[N+](=O)[O-])C1. The van der Waals surface area contributed by atoms with Crippen molar-refractivity contribution in [1.29, 1.82) is 0 Å². The first-order valence-electron chi connectivity index (χ1n) is 7.03. The van der Waals surface area contributed by atoms with Crippen molar-refractivity contribution in [3.05, 3.63) is 34.4 Å². The summed E-state index contributed by atoms with van der Waals surface area (Å²) in [5, 5.41) is 13.7. The van der Waals surface area contributed by atoms with Crippen LogP contribution in [0.25, 0.3) is 0 Å². The van der Waals surface area contributed by atoms with Gasteiger partial charge >= 0.3 is 0 Å². The van der Waals surface area contributed by atoms with Crippen molar-refractivity contribution in [3.8, 4) is 0 Å². The fraction of sp³-hybridized carbons (Fsp3) is 0.429. The highest BCUT2D eigenvalue weighted by Gasteiger charge is 2.27. The Labute approximate surface area is 127 Å². The Balaban J connectivity index is 1.95. The third-order valence-corrected chi connectivity index (χ3v) is 3.71. The van der Waals surface area contributed by atoms with E-state index < -0.39 is 10.8 Å². The highest BCUT2D eigenvalue weighted by atomic mass is 16.6. The van der Waals surface area contributed by atoms with Gasteiger partial charge in [0.25, 0.3) is 5.69 Å². The quantitative estimate of drug-likeness (QED) is 0.614. The monoisotopic (exact) mass is 306 g/mol. The number of nitro groups is 1. The summed E-state index contributed by atoms with van der Waals surface area (Å²) in [6.45, 7) is 0.824. The molecule has 8 heteroatoms. The van der Waals surface area contributed by atoms with E-state index in [0.29, 0.717) is 25.2 Å². The molecule has 1 heterocycles. The largest absolute Gasteiger partial charge is 0.371 e. The van der Waals surface area contributed by atoms with Crippen molar-refractivity contribution in [1.82, 2.24) is 4.90 Å². The molecule has 0 aromatic heterocycles. The molecule has 1 aromatic carbocycles. The minimum Gasteiger partial charge on any atom is -0.371 e. The molecule has 0 saturated carbocycles. The maximum atomic E-state index is 12.2. The molecule has 8 nitrogen and oxygen atoms in total. The molecule has 2 amide bonds. The lowest BCUT2D eigenvalue weighted by Gasteiger charge is -2.31. The lowest BCUT2D eigenvalue weighted by atomic mass is 9.97. The van der Waals surface area contributed by atoms with E-state index in [9.17, 15) is 19.7 Å². The second-order valence-corrected chi connectivity index (χ2v) is 5.21. The molecule has 118 valence electrons. The minimum absolute atomic E-state index is 0.0592. The number of primary amides is 1. The first kappa shape index (κ1) is 15.7. The first-order valence-corrected chi connectivity index (χ1v) is 7.03. The van der Waals surface area contributed by atoms with Crippen molar-refractivity contribution < 1.29 is 14.5 Å². The van der Waals surface area contributed by atoms with Crippen LogP contribution < -0.4 is 11.1 Å². The molecule has 2 rings (SSSR count). The van der Waals surface area contributed by atoms with Gasteiger partial charge in [-0.15, -0.1) is 0 Å². The number of piperidine rings is 1. The first-order chi connectivity index (χ1) is 10.5. The average molecular weight is 306 g/mol. The molecule has 0 bridgehead atoms. The Hall–Kier alpha value is -2.64. The summed E-state index contributed by atoms with van der Waals surface area (Å²) < 4.78 is 0. The molecule has 3 N–H and O–H groups in total. The van der Waals surface area contributed by atoms with Crippen molar-refractivity contribution in [2.45, 2.75) is 12.8 Å². The van der Waals surface area contributed by atoms with Crippen molar-refractivity contribution in [3.63, 3.8) is 0 Å². The number of nitrogens with zero attached hydrogens (tertiary/aromatic N) is 2. The molecular formula is C14H18N4O4. The minimum atomic E-state index is -0.503. The van der Waals surface area contributed by atoms with Crippen LogP contribution in [-0.4, -0.2) is 41.3 Å². The molecule has 1 unspecified atom stereocenters. The number of amides is 2. The molecule has 0 aliphatic carbocycles. The number of carbonyl (C=O) groups is 2. The van der Waals surface area contributed by atoms with Crippen LogP contribution in [0.1, 0.15) is 12.8 Å². The van der Waals surface area contributed by atoms with Gasteiger partial charge in [0.15, 0.2) is 0 Å². The van der Waals surface area contributed by atoms with Gasteiger partial charge in [-0.25, -0.2) is 0 Å². The molecule has 22 heavy (non-hydrogen) atoms. The third-order valence-electron chi connectivity index (χ3n) is 3.71. The molecule has 1 fully saturated rings. The summed E-state index contributed by atoms with van der Waals surface area (Å²) in [7, 11) is 0. The number of benzene rings is 1. The highest BCUT2D eigenvalue weighted by Crippen LogP contribution is 2.23. The summed E-state index contributed by atoms with van der Waals surface area (Å²) in [5.41, 5.74) is 5.50. The van der Waals surface area contributed by atoms with E-state index in [2.05, 4.69) is 5.32 Å². The smallest absolute Gasteiger partial charge is 0.292 e. The number of nitrogens with one attached hydrogen (secondary N) is 1. The number of nitrogens with two attached hydrogens (primary N) is 1. The third kappa shape index (κ3) is 3.72. The van der Waals surface area contributed by atoms with E-state index in [1.807, 2.05) is 0 Å². The zero-order valence-electron chi connectivity index (χ0n) is 12.0. The van der Waals surface area contributed by atoms with Crippen molar-refractivity contribution >= 4 is 23.2 Å². The molecule has 1 atom stereocenters. The van der Waals surface area contributed by atoms with Crippen molar-refractivity contribution in [2.75, 3.05) is 25.0 Å². The topological polar surface area (TPSA) is 119 Å². The number of hydrogen-bond donors (Lipinski definition) is 2. The van der Waals surface area contributed by atoms with E-state index in [0.717, 1.165) is 6.42 Å². The lowest BCUT2D eigenvalue weighted by molar-refractivity contribution is -0.383. The molecular weight excluding hydrogens is 288 g/mol. The van der Waals surface area contributed by atoms with Gasteiger partial charge in [0, 0.05) is 19.2 Å². The summed E-state index contributed by atoms with van der Waals surface area (Å²) in [5.74, 6) is -0.919. The number of anilines is 1. The number of nitro benzene ring substituents is 1. The zero-order chi connectivity index (χ0) is 16.1. The van der Waals surface area contributed by atoms with Crippen LogP contribution in [-0.2, 0) is 9.59 Å². The van der Waals surface area contributed by atoms with Gasteiger partial charge in [-0.05, 0) is 18.9 Å². The summed E-state index contributed by atoms with van der Waals surface area (Å²) in [6.07, 6.45) is 1.42. The number of rotatable bonds is 5.